The number of rotatable bonds is 8. The van der Waals surface area contributed by atoms with Gasteiger partial charge in [-0.1, -0.05) is 6.07 Å². The zero-order valence-electron chi connectivity index (χ0n) is 13.4. The maximum Gasteiger partial charge on any atom is 0.227 e. The molecule has 0 spiro atoms. The Labute approximate surface area is 139 Å². The minimum absolute atomic E-state index is 0.0929. The molecule has 1 aromatic carbocycles. The summed E-state index contributed by atoms with van der Waals surface area (Å²) in [6.45, 7) is 0.397. The summed E-state index contributed by atoms with van der Waals surface area (Å²) in [6.07, 6.45) is 1.38. The number of carbonyl (C=O) groups excluding carboxylic acids is 1. The predicted molar refractivity (Wildman–Crippen MR) is 88.1 cm³/mol. The summed E-state index contributed by atoms with van der Waals surface area (Å²) in [6, 6.07) is 9.64. The molecular weight excluding hydrogens is 313 g/mol. The molecule has 1 aromatic heterocycles. The molecule has 0 radical (unpaired) electrons. The second kappa shape index (κ2) is 8.95. The number of pyridine rings is 1. The highest BCUT2D eigenvalue weighted by Crippen LogP contribution is 2.22. The van der Waals surface area contributed by atoms with Crippen LogP contribution in [0.15, 0.2) is 42.6 Å². The van der Waals surface area contributed by atoms with Gasteiger partial charge in [0.25, 0.3) is 0 Å². The van der Waals surface area contributed by atoms with Gasteiger partial charge in [0.1, 0.15) is 6.61 Å². The Bertz CT molecular complexity index is 663. The molecule has 6 nitrogen and oxygen atoms in total. The van der Waals surface area contributed by atoms with Crippen molar-refractivity contribution in [2.75, 3.05) is 19.0 Å². The van der Waals surface area contributed by atoms with Crippen molar-refractivity contribution in [2.24, 2.45) is 5.73 Å². The van der Waals surface area contributed by atoms with Gasteiger partial charge in [0, 0.05) is 31.6 Å². The van der Waals surface area contributed by atoms with Gasteiger partial charge in [0.2, 0.25) is 5.91 Å². The second-order valence-corrected chi connectivity index (χ2v) is 5.10. The van der Waals surface area contributed by atoms with E-state index in [1.165, 1.54) is 19.2 Å². The average Bonchev–Trinajstić information content (AvgIpc) is 2.60. The number of ether oxygens (including phenoxy) is 2. The number of carbonyl (C=O) groups is 1. The number of anilines is 1. The molecule has 0 aliphatic heterocycles. The van der Waals surface area contributed by atoms with Crippen LogP contribution in [0.3, 0.4) is 0 Å². The zero-order valence-corrected chi connectivity index (χ0v) is 13.4. The van der Waals surface area contributed by atoms with Crippen LogP contribution in [0, 0.1) is 5.82 Å². The van der Waals surface area contributed by atoms with Crippen molar-refractivity contribution in [1.29, 1.82) is 0 Å². The third-order valence-electron chi connectivity index (χ3n) is 3.33. The van der Waals surface area contributed by atoms with E-state index in [1.54, 1.807) is 24.4 Å². The molecule has 0 saturated heterocycles. The molecule has 2 rings (SSSR count). The van der Waals surface area contributed by atoms with Crippen LogP contribution >= 0.6 is 0 Å². The van der Waals surface area contributed by atoms with Crippen molar-refractivity contribution in [1.82, 2.24) is 4.98 Å². The van der Waals surface area contributed by atoms with Crippen LogP contribution in [0.5, 0.6) is 5.75 Å². The van der Waals surface area contributed by atoms with E-state index in [0.29, 0.717) is 11.4 Å². The first-order valence-corrected chi connectivity index (χ1v) is 7.47. The lowest BCUT2D eigenvalue weighted by atomic mass is 10.2. The fraction of sp³-hybridized carbons (Fsp3) is 0.294. The topological polar surface area (TPSA) is 86.5 Å². The molecule has 7 heteroatoms. The molecule has 3 N–H and O–H groups in total. The molecule has 24 heavy (non-hydrogen) atoms. The molecule has 0 aliphatic rings. The lowest BCUT2D eigenvalue weighted by Gasteiger charge is -2.13. The first kappa shape index (κ1) is 17.8. The Morgan fingerprint density at radius 2 is 2.21 bits per heavy atom. The number of aromatic nitrogens is 1. The number of nitrogens with two attached hydrogens (primary N) is 1. The predicted octanol–water partition coefficient (Wildman–Crippen LogP) is 2.10. The Morgan fingerprint density at radius 1 is 1.38 bits per heavy atom. The summed E-state index contributed by atoms with van der Waals surface area (Å²) in [4.78, 5) is 15.9. The van der Waals surface area contributed by atoms with Crippen molar-refractivity contribution in [2.45, 2.75) is 19.1 Å². The van der Waals surface area contributed by atoms with Crippen LogP contribution in [0.1, 0.15) is 12.1 Å². The van der Waals surface area contributed by atoms with E-state index in [1.807, 2.05) is 6.07 Å². The Kier molecular flexibility index (Phi) is 6.65. The molecular formula is C17H20FN3O3. The number of hydrogen-bond donors (Lipinski definition) is 2. The first-order chi connectivity index (χ1) is 11.6. The molecule has 0 aliphatic carbocycles. The minimum atomic E-state index is -0.564. The van der Waals surface area contributed by atoms with Crippen molar-refractivity contribution < 1.29 is 18.7 Å². The van der Waals surface area contributed by atoms with Crippen LogP contribution in [0.2, 0.25) is 0 Å². The van der Waals surface area contributed by atoms with Gasteiger partial charge in [0.05, 0.1) is 18.2 Å². The largest absolute Gasteiger partial charge is 0.484 e. The quantitative estimate of drug-likeness (QED) is 0.772. The van der Waals surface area contributed by atoms with E-state index < -0.39 is 5.82 Å². The summed E-state index contributed by atoms with van der Waals surface area (Å²) in [5, 5.41) is 2.60. The monoisotopic (exact) mass is 333 g/mol. The van der Waals surface area contributed by atoms with E-state index >= 15 is 0 Å². The Morgan fingerprint density at radius 3 is 2.83 bits per heavy atom. The molecule has 1 unspecified atom stereocenters. The smallest absolute Gasteiger partial charge is 0.227 e. The van der Waals surface area contributed by atoms with Gasteiger partial charge in [-0.05, 0) is 24.3 Å². The van der Waals surface area contributed by atoms with Crippen LogP contribution in [-0.4, -0.2) is 30.6 Å². The highest BCUT2D eigenvalue weighted by molar-refractivity contribution is 5.91. The van der Waals surface area contributed by atoms with E-state index in [9.17, 15) is 9.18 Å². The number of benzene rings is 1. The summed E-state index contributed by atoms with van der Waals surface area (Å²) < 4.78 is 24.5. The molecule has 0 fully saturated rings. The van der Waals surface area contributed by atoms with E-state index in [-0.39, 0.29) is 37.3 Å². The highest BCUT2D eigenvalue weighted by Gasteiger charge is 2.13. The van der Waals surface area contributed by atoms with Gasteiger partial charge in [-0.15, -0.1) is 0 Å². The van der Waals surface area contributed by atoms with Gasteiger partial charge in [0.15, 0.2) is 11.6 Å². The zero-order chi connectivity index (χ0) is 17.4. The normalized spacial score (nSPS) is 11.8. The fourth-order valence-corrected chi connectivity index (χ4v) is 2.01. The van der Waals surface area contributed by atoms with Gasteiger partial charge in [-0.25, -0.2) is 4.39 Å². The average molecular weight is 333 g/mol. The van der Waals surface area contributed by atoms with Gasteiger partial charge < -0.3 is 20.5 Å². The molecule has 1 atom stereocenters. The third-order valence-corrected chi connectivity index (χ3v) is 3.33. The standard InChI is InChI=1S/C17H20FN3O3/c1-23-14(10-19)9-17(22)21-12-5-6-16(15(18)8-12)24-11-13-4-2-3-7-20-13/h2-8,14H,9-11,19H2,1H3,(H,21,22). The Hall–Kier alpha value is -2.51. The number of amides is 1. The summed E-state index contributed by atoms with van der Waals surface area (Å²) in [7, 11) is 1.48. The van der Waals surface area contributed by atoms with Crippen LogP contribution in [0.4, 0.5) is 10.1 Å². The molecule has 0 bridgehead atoms. The summed E-state index contributed by atoms with van der Waals surface area (Å²) in [5.74, 6) is -0.768. The second-order valence-electron chi connectivity index (χ2n) is 5.10. The van der Waals surface area contributed by atoms with Gasteiger partial charge in [-0.3, -0.25) is 9.78 Å². The minimum Gasteiger partial charge on any atom is -0.484 e. The maximum absolute atomic E-state index is 14.1. The fourth-order valence-electron chi connectivity index (χ4n) is 2.01. The number of nitrogens with zero attached hydrogens (tertiary/aromatic N) is 1. The van der Waals surface area contributed by atoms with Crippen molar-refractivity contribution in [3.05, 3.63) is 54.1 Å². The molecule has 0 saturated carbocycles. The number of hydrogen-bond acceptors (Lipinski definition) is 5. The van der Waals surface area contributed by atoms with Crippen molar-refractivity contribution in [3.63, 3.8) is 0 Å². The van der Waals surface area contributed by atoms with Gasteiger partial charge >= 0.3 is 0 Å². The highest BCUT2D eigenvalue weighted by atomic mass is 19.1. The maximum atomic E-state index is 14.1. The molecule has 2 aromatic rings. The SMILES string of the molecule is COC(CN)CC(=O)Nc1ccc(OCc2ccccn2)c(F)c1. The first-order valence-electron chi connectivity index (χ1n) is 7.47. The molecule has 1 amide bonds. The van der Waals surface area contributed by atoms with Gasteiger partial charge in [-0.2, -0.15) is 0 Å². The summed E-state index contributed by atoms with van der Waals surface area (Å²) >= 11 is 0. The molecule has 128 valence electrons. The lowest BCUT2D eigenvalue weighted by molar-refractivity contribution is -0.118. The van der Waals surface area contributed by atoms with E-state index in [0.717, 1.165) is 0 Å². The van der Waals surface area contributed by atoms with Crippen LogP contribution in [0.25, 0.3) is 0 Å². The number of halogens is 1. The number of methoxy groups -OCH3 is 1. The van der Waals surface area contributed by atoms with Crippen molar-refractivity contribution in [3.8, 4) is 5.75 Å². The van der Waals surface area contributed by atoms with Crippen LogP contribution < -0.4 is 15.8 Å². The van der Waals surface area contributed by atoms with E-state index in [2.05, 4.69) is 10.3 Å². The Balaban J connectivity index is 1.93. The summed E-state index contributed by atoms with van der Waals surface area (Å²) in [5.41, 5.74) is 6.50. The van der Waals surface area contributed by atoms with Crippen molar-refractivity contribution >= 4 is 11.6 Å². The third kappa shape index (κ3) is 5.29. The molecule has 1 heterocycles. The van der Waals surface area contributed by atoms with Crippen LogP contribution in [-0.2, 0) is 16.1 Å². The number of nitrogens with one attached hydrogen (secondary N) is 1. The van der Waals surface area contributed by atoms with E-state index in [4.69, 9.17) is 15.2 Å². The lowest BCUT2D eigenvalue weighted by Crippen LogP contribution is -2.28.